The SMILES string of the molecule is CC.COc1nc2c3c(nc(-c4cc(N)nc(C)c4C(F)(F)F)c(F)c3n1)OC(C)CCNCCN2.FC1(F)CC12CC1CCCN1C2. The van der Waals surface area contributed by atoms with Crippen molar-refractivity contribution >= 4 is 22.5 Å². The molecule has 6 heterocycles. The highest BCUT2D eigenvalue weighted by molar-refractivity contribution is 5.96. The Hall–Kier alpha value is -3.66. The molecule has 3 aromatic rings. The Balaban J connectivity index is 0.000000265. The topological polar surface area (TPSA) is 123 Å². The fourth-order valence-electron chi connectivity index (χ4n) is 6.81. The first-order valence-corrected chi connectivity index (χ1v) is 16.3. The zero-order valence-electron chi connectivity index (χ0n) is 27.7. The van der Waals surface area contributed by atoms with Gasteiger partial charge in [-0.1, -0.05) is 13.8 Å². The van der Waals surface area contributed by atoms with Gasteiger partial charge >= 0.3 is 12.2 Å². The molecule has 1 spiro atoms. The molecule has 4 N–H and O–H groups in total. The Kier molecular flexibility index (Phi) is 10.2. The van der Waals surface area contributed by atoms with Crippen LogP contribution in [0.2, 0.25) is 0 Å². The van der Waals surface area contributed by atoms with E-state index in [0.717, 1.165) is 32.4 Å². The quantitative estimate of drug-likeness (QED) is 0.268. The third kappa shape index (κ3) is 6.91. The Bertz CT molecular complexity index is 1630. The second kappa shape index (κ2) is 13.7. The standard InChI is InChI=1S/C21H23F4N7O2.C9H13F2N.C2H6/c1-9-4-5-27-6-7-28-18-13-17(31-20(32-18)33-3)15(22)16(30-19(13)34-9)11-8-12(26)29-10(2)14(11)21(23,24)25;10-9(11)5-8(9)4-7-2-1-3-12(7)6-8;1-2/h8-9,27H,4-7H2,1-3H3,(H2,26,29)(H,28,31,32);7H,1-6H2;1-2H3. The van der Waals surface area contributed by atoms with Crippen molar-refractivity contribution in [1.29, 1.82) is 0 Å². The first kappa shape index (κ1) is 35.6. The van der Waals surface area contributed by atoms with Crippen LogP contribution >= 0.6 is 0 Å². The second-order valence-electron chi connectivity index (χ2n) is 12.4. The van der Waals surface area contributed by atoms with E-state index in [1.807, 2.05) is 13.8 Å². The molecule has 264 valence electrons. The minimum Gasteiger partial charge on any atom is -0.474 e. The molecule has 0 radical (unpaired) electrons. The summed E-state index contributed by atoms with van der Waals surface area (Å²) in [6, 6.07) is 1.27. The number of aryl methyl sites for hydroxylation is 1. The molecule has 7 rings (SSSR count). The van der Waals surface area contributed by atoms with E-state index in [4.69, 9.17) is 15.2 Å². The van der Waals surface area contributed by atoms with Gasteiger partial charge in [-0.2, -0.15) is 23.1 Å². The first-order valence-electron chi connectivity index (χ1n) is 16.3. The summed E-state index contributed by atoms with van der Waals surface area (Å²) in [6.45, 7) is 10.3. The highest BCUT2D eigenvalue weighted by atomic mass is 19.4. The highest BCUT2D eigenvalue weighted by Crippen LogP contribution is 2.67. The van der Waals surface area contributed by atoms with Gasteiger partial charge in [0, 0.05) is 37.7 Å². The van der Waals surface area contributed by atoms with Crippen LogP contribution in [0, 0.1) is 18.2 Å². The predicted molar refractivity (Wildman–Crippen MR) is 170 cm³/mol. The highest BCUT2D eigenvalue weighted by Gasteiger charge is 2.74. The van der Waals surface area contributed by atoms with E-state index in [1.165, 1.54) is 13.5 Å². The summed E-state index contributed by atoms with van der Waals surface area (Å²) < 4.78 is 94.7. The molecule has 4 aliphatic rings. The van der Waals surface area contributed by atoms with Crippen LogP contribution in [0.5, 0.6) is 11.9 Å². The van der Waals surface area contributed by atoms with Gasteiger partial charge in [0.05, 0.1) is 29.9 Å². The molecule has 0 amide bonds. The van der Waals surface area contributed by atoms with Gasteiger partial charge in [0.1, 0.15) is 28.2 Å². The van der Waals surface area contributed by atoms with Crippen molar-refractivity contribution in [2.75, 3.05) is 50.9 Å². The van der Waals surface area contributed by atoms with Crippen LogP contribution in [-0.4, -0.2) is 82.7 Å². The number of alkyl halides is 5. The number of nitrogen functional groups attached to an aromatic ring is 1. The number of nitrogens with zero attached hydrogens (tertiary/aromatic N) is 5. The van der Waals surface area contributed by atoms with Crippen molar-refractivity contribution in [3.63, 3.8) is 0 Å². The van der Waals surface area contributed by atoms with Crippen molar-refractivity contribution in [2.45, 2.75) is 84.0 Å². The lowest BCUT2D eigenvalue weighted by Gasteiger charge is -2.20. The summed E-state index contributed by atoms with van der Waals surface area (Å²) >= 11 is 0. The van der Waals surface area contributed by atoms with Gasteiger partial charge in [-0.3, -0.25) is 4.90 Å². The maximum atomic E-state index is 15.9. The third-order valence-corrected chi connectivity index (χ3v) is 9.15. The summed E-state index contributed by atoms with van der Waals surface area (Å²) in [7, 11) is 1.30. The molecule has 0 aromatic carbocycles. The van der Waals surface area contributed by atoms with E-state index in [2.05, 4.69) is 35.5 Å². The predicted octanol–water partition coefficient (Wildman–Crippen LogP) is 6.22. The minimum atomic E-state index is -4.84. The maximum Gasteiger partial charge on any atom is 0.418 e. The number of hydrogen-bond donors (Lipinski definition) is 3. The molecule has 0 bridgehead atoms. The van der Waals surface area contributed by atoms with E-state index in [0.29, 0.717) is 38.6 Å². The molecule has 1 saturated carbocycles. The van der Waals surface area contributed by atoms with Gasteiger partial charge < -0.3 is 25.8 Å². The Morgan fingerprint density at radius 2 is 1.81 bits per heavy atom. The normalized spacial score (nSPS) is 24.6. The number of ether oxygens (including phenoxy) is 2. The van der Waals surface area contributed by atoms with Gasteiger partial charge in [0.15, 0.2) is 5.82 Å². The number of nitrogens with two attached hydrogens (primary N) is 1. The maximum absolute atomic E-state index is 15.9. The molecule has 16 heteroatoms. The average Bonchev–Trinajstić information content (AvgIpc) is 3.27. The van der Waals surface area contributed by atoms with Gasteiger partial charge in [-0.25, -0.2) is 23.1 Å². The molecule has 2 saturated heterocycles. The average molecular weight is 685 g/mol. The smallest absolute Gasteiger partial charge is 0.418 e. The third-order valence-electron chi connectivity index (χ3n) is 9.15. The van der Waals surface area contributed by atoms with E-state index < -0.39 is 45.8 Å². The van der Waals surface area contributed by atoms with Crippen molar-refractivity contribution in [1.82, 2.24) is 30.2 Å². The molecular formula is C32H42F6N8O2. The van der Waals surface area contributed by atoms with Crippen molar-refractivity contribution in [2.24, 2.45) is 5.41 Å². The Labute approximate surface area is 275 Å². The van der Waals surface area contributed by atoms with Crippen LogP contribution in [0.4, 0.5) is 38.0 Å². The molecule has 3 atom stereocenters. The number of rotatable bonds is 2. The molecule has 1 aliphatic carbocycles. The number of anilines is 2. The molecule has 3 aliphatic heterocycles. The van der Waals surface area contributed by atoms with E-state index in [1.54, 1.807) is 6.92 Å². The van der Waals surface area contributed by atoms with Crippen LogP contribution in [0.3, 0.4) is 0 Å². The lowest BCUT2D eigenvalue weighted by atomic mass is 10.0. The minimum absolute atomic E-state index is 0.100. The van der Waals surface area contributed by atoms with Crippen molar-refractivity contribution in [3.8, 4) is 23.1 Å². The van der Waals surface area contributed by atoms with Gasteiger partial charge in [0.2, 0.25) is 5.88 Å². The van der Waals surface area contributed by atoms with Crippen LogP contribution in [0.25, 0.3) is 22.2 Å². The molecule has 48 heavy (non-hydrogen) atoms. The van der Waals surface area contributed by atoms with Crippen LogP contribution < -0.4 is 25.8 Å². The monoisotopic (exact) mass is 684 g/mol. The van der Waals surface area contributed by atoms with Crippen LogP contribution in [0.1, 0.15) is 64.1 Å². The lowest BCUT2D eigenvalue weighted by molar-refractivity contribution is -0.137. The number of pyridine rings is 2. The van der Waals surface area contributed by atoms with E-state index >= 15 is 4.39 Å². The van der Waals surface area contributed by atoms with Crippen LogP contribution in [0.15, 0.2) is 6.07 Å². The zero-order valence-corrected chi connectivity index (χ0v) is 27.7. The molecule has 3 fully saturated rings. The molecule has 3 unspecified atom stereocenters. The molecule has 3 aromatic heterocycles. The Morgan fingerprint density at radius 3 is 2.46 bits per heavy atom. The zero-order chi connectivity index (χ0) is 35.0. The van der Waals surface area contributed by atoms with E-state index in [9.17, 15) is 22.0 Å². The number of nitrogens with one attached hydrogen (secondary N) is 2. The van der Waals surface area contributed by atoms with Gasteiger partial charge in [-0.05, 0) is 58.7 Å². The first-order chi connectivity index (χ1) is 22.7. The summed E-state index contributed by atoms with van der Waals surface area (Å²) in [5, 5.41) is 6.39. The number of fused-ring (bicyclic) bond motifs is 1. The largest absolute Gasteiger partial charge is 0.474 e. The molecular weight excluding hydrogens is 642 g/mol. The Morgan fingerprint density at radius 1 is 1.08 bits per heavy atom. The van der Waals surface area contributed by atoms with Gasteiger partial charge in [0.25, 0.3) is 5.92 Å². The summed E-state index contributed by atoms with van der Waals surface area (Å²) in [5.41, 5.74) is 2.13. The molecule has 10 nitrogen and oxygen atoms in total. The number of methoxy groups -OCH3 is 1. The number of halogens is 6. The summed E-state index contributed by atoms with van der Waals surface area (Å²) in [5.74, 6) is -3.55. The van der Waals surface area contributed by atoms with E-state index in [-0.39, 0.29) is 47.0 Å². The second-order valence-corrected chi connectivity index (χ2v) is 12.4. The number of hydrogen-bond acceptors (Lipinski definition) is 10. The fourth-order valence-corrected chi connectivity index (χ4v) is 6.81. The number of aromatic nitrogens is 4. The van der Waals surface area contributed by atoms with Gasteiger partial charge in [-0.15, -0.1) is 0 Å². The van der Waals surface area contributed by atoms with Crippen molar-refractivity contribution < 1.29 is 35.8 Å². The fraction of sp³-hybridized carbons (Fsp3) is 0.625. The van der Waals surface area contributed by atoms with Crippen LogP contribution in [-0.2, 0) is 6.18 Å². The van der Waals surface area contributed by atoms with Crippen molar-refractivity contribution in [3.05, 3.63) is 23.1 Å². The summed E-state index contributed by atoms with van der Waals surface area (Å²) in [4.78, 5) is 18.5. The summed E-state index contributed by atoms with van der Waals surface area (Å²) in [6.07, 6.45) is -1.35. The lowest BCUT2D eigenvalue weighted by Crippen LogP contribution is -2.26.